The largest absolute Gasteiger partial charge is 0.256 e. The van der Waals surface area contributed by atoms with Crippen molar-refractivity contribution in [1.29, 1.82) is 0 Å². The Labute approximate surface area is 116 Å². The van der Waals surface area contributed by atoms with Crippen LogP contribution in [0.2, 0.25) is 0 Å². The third kappa shape index (κ3) is 3.66. The van der Waals surface area contributed by atoms with Gasteiger partial charge in [0.05, 0.1) is 5.71 Å². The van der Waals surface area contributed by atoms with Crippen LogP contribution in [-0.4, -0.2) is 5.71 Å². The van der Waals surface area contributed by atoms with E-state index in [-0.39, 0.29) is 0 Å². The van der Waals surface area contributed by atoms with Crippen LogP contribution >= 0.6 is 0 Å². The Morgan fingerprint density at radius 3 is 2.53 bits per heavy atom. The van der Waals surface area contributed by atoms with Crippen LogP contribution in [0.5, 0.6) is 0 Å². The van der Waals surface area contributed by atoms with Crippen LogP contribution in [-0.2, 0) is 0 Å². The second kappa shape index (κ2) is 7.08. The van der Waals surface area contributed by atoms with Gasteiger partial charge in [-0.05, 0) is 45.1 Å². The van der Waals surface area contributed by atoms with E-state index in [0.29, 0.717) is 0 Å². The molecule has 2 rings (SSSR count). The molecule has 0 saturated carbocycles. The average Bonchev–Trinajstić information content (AvgIpc) is 2.66. The van der Waals surface area contributed by atoms with Crippen LogP contribution in [0.3, 0.4) is 0 Å². The number of hydrogen-bond donors (Lipinski definition) is 0. The van der Waals surface area contributed by atoms with Gasteiger partial charge in [-0.15, -0.1) is 0 Å². The number of benzene rings is 1. The van der Waals surface area contributed by atoms with Crippen molar-refractivity contribution >= 4 is 5.71 Å². The third-order valence-corrected chi connectivity index (χ3v) is 3.68. The highest BCUT2D eigenvalue weighted by Gasteiger charge is 2.14. The molecule has 0 N–H and O–H groups in total. The van der Waals surface area contributed by atoms with E-state index in [1.165, 1.54) is 42.4 Å². The van der Waals surface area contributed by atoms with Gasteiger partial charge in [-0.25, -0.2) is 0 Å². The highest BCUT2D eigenvalue weighted by Crippen LogP contribution is 2.26. The highest BCUT2D eigenvalue weighted by molar-refractivity contribution is 6.13. The summed E-state index contributed by atoms with van der Waals surface area (Å²) in [5.74, 6) is 0. The number of allylic oxidation sites excluding steroid dienone is 3. The SMILES string of the molecule is C/C=C/N=C(C1=C(C)CCCCC1)c1ccccc1. The van der Waals surface area contributed by atoms with Gasteiger partial charge in [-0.3, -0.25) is 4.99 Å². The van der Waals surface area contributed by atoms with Gasteiger partial charge >= 0.3 is 0 Å². The minimum absolute atomic E-state index is 1.16. The van der Waals surface area contributed by atoms with Crippen LogP contribution in [0.4, 0.5) is 0 Å². The van der Waals surface area contributed by atoms with Crippen LogP contribution in [0.1, 0.15) is 51.5 Å². The van der Waals surface area contributed by atoms with E-state index < -0.39 is 0 Å². The monoisotopic (exact) mass is 253 g/mol. The second-order valence-corrected chi connectivity index (χ2v) is 5.15. The summed E-state index contributed by atoms with van der Waals surface area (Å²) < 4.78 is 0. The average molecular weight is 253 g/mol. The molecule has 0 aliphatic heterocycles. The predicted molar refractivity (Wildman–Crippen MR) is 83.6 cm³/mol. The van der Waals surface area contributed by atoms with Crippen molar-refractivity contribution < 1.29 is 0 Å². The van der Waals surface area contributed by atoms with Gasteiger partial charge in [-0.1, -0.05) is 48.4 Å². The van der Waals surface area contributed by atoms with Gasteiger partial charge in [0.2, 0.25) is 0 Å². The molecule has 0 unspecified atom stereocenters. The van der Waals surface area contributed by atoms with Crippen molar-refractivity contribution in [2.75, 3.05) is 0 Å². The summed E-state index contributed by atoms with van der Waals surface area (Å²) in [5.41, 5.74) is 5.38. The minimum atomic E-state index is 1.16. The molecule has 19 heavy (non-hydrogen) atoms. The molecule has 1 aromatic rings. The summed E-state index contributed by atoms with van der Waals surface area (Å²) in [5, 5.41) is 0. The molecule has 0 heterocycles. The first-order chi connectivity index (χ1) is 9.33. The molecule has 100 valence electrons. The van der Waals surface area contributed by atoms with Crippen LogP contribution in [0.15, 0.2) is 58.7 Å². The van der Waals surface area contributed by atoms with Gasteiger partial charge in [0.15, 0.2) is 0 Å². The molecule has 1 aliphatic carbocycles. The number of hydrogen-bond acceptors (Lipinski definition) is 1. The Kier molecular flexibility index (Phi) is 5.14. The zero-order valence-corrected chi connectivity index (χ0v) is 12.0. The van der Waals surface area contributed by atoms with Crippen LogP contribution < -0.4 is 0 Å². The lowest BCUT2D eigenvalue weighted by molar-refractivity contribution is 0.709. The zero-order valence-electron chi connectivity index (χ0n) is 12.0. The second-order valence-electron chi connectivity index (χ2n) is 5.15. The molecule has 0 aromatic heterocycles. The molecule has 1 nitrogen and oxygen atoms in total. The molecule has 0 atom stereocenters. The molecule has 0 fully saturated rings. The Morgan fingerprint density at radius 1 is 1.05 bits per heavy atom. The highest BCUT2D eigenvalue weighted by atomic mass is 14.7. The topological polar surface area (TPSA) is 12.4 Å². The van der Waals surface area contributed by atoms with E-state index in [0.717, 1.165) is 12.1 Å². The quantitative estimate of drug-likeness (QED) is 0.649. The summed E-state index contributed by atoms with van der Waals surface area (Å²) in [4.78, 5) is 4.71. The van der Waals surface area contributed by atoms with E-state index >= 15 is 0 Å². The van der Waals surface area contributed by atoms with E-state index in [1.807, 2.05) is 19.2 Å². The van der Waals surface area contributed by atoms with Gasteiger partial charge < -0.3 is 0 Å². The molecule has 0 amide bonds. The Hall–Kier alpha value is -1.63. The summed E-state index contributed by atoms with van der Waals surface area (Å²) in [6, 6.07) is 10.6. The first-order valence-electron chi connectivity index (χ1n) is 7.26. The first kappa shape index (κ1) is 13.8. The predicted octanol–water partition coefficient (Wildman–Crippen LogP) is 5.29. The van der Waals surface area contributed by atoms with Crippen molar-refractivity contribution in [3.05, 3.63) is 59.3 Å². The van der Waals surface area contributed by atoms with E-state index in [9.17, 15) is 0 Å². The van der Waals surface area contributed by atoms with Gasteiger partial charge in [0.1, 0.15) is 0 Å². The lowest BCUT2D eigenvalue weighted by Crippen LogP contribution is -2.06. The number of rotatable bonds is 3. The van der Waals surface area contributed by atoms with Crippen molar-refractivity contribution in [1.82, 2.24) is 0 Å². The van der Waals surface area contributed by atoms with Crippen molar-refractivity contribution in [2.45, 2.75) is 46.0 Å². The summed E-state index contributed by atoms with van der Waals surface area (Å²) in [7, 11) is 0. The van der Waals surface area contributed by atoms with Crippen LogP contribution in [0, 0.1) is 0 Å². The van der Waals surface area contributed by atoms with Gasteiger partial charge in [0.25, 0.3) is 0 Å². The third-order valence-electron chi connectivity index (χ3n) is 3.68. The molecular weight excluding hydrogens is 230 g/mol. The maximum atomic E-state index is 4.71. The molecule has 0 saturated heterocycles. The normalized spacial score (nSPS) is 17.9. The molecule has 1 heteroatoms. The Balaban J connectivity index is 2.43. The van der Waals surface area contributed by atoms with E-state index in [2.05, 4.69) is 37.3 Å². The van der Waals surface area contributed by atoms with Crippen LogP contribution in [0.25, 0.3) is 0 Å². The lowest BCUT2D eigenvalue weighted by Gasteiger charge is -2.12. The minimum Gasteiger partial charge on any atom is -0.256 e. The standard InChI is InChI=1S/C18H23N/c1-3-14-19-18(16-11-7-5-8-12-16)17-13-9-4-6-10-15(17)2/h3,5,7-8,11-12,14H,4,6,9-10,13H2,1-2H3/b14-3+,19-18?. The van der Waals surface area contributed by atoms with E-state index in [4.69, 9.17) is 4.99 Å². The summed E-state index contributed by atoms with van der Waals surface area (Å²) >= 11 is 0. The first-order valence-corrected chi connectivity index (χ1v) is 7.26. The fourth-order valence-electron chi connectivity index (χ4n) is 2.63. The Morgan fingerprint density at radius 2 is 1.79 bits per heavy atom. The summed E-state index contributed by atoms with van der Waals surface area (Å²) in [6.07, 6.45) is 10.2. The Bertz CT molecular complexity index is 492. The van der Waals surface area contributed by atoms with Crippen molar-refractivity contribution in [2.24, 2.45) is 4.99 Å². The fraction of sp³-hybridized carbons (Fsp3) is 0.389. The van der Waals surface area contributed by atoms with Gasteiger partial charge in [-0.2, -0.15) is 0 Å². The lowest BCUT2D eigenvalue weighted by atomic mass is 9.95. The molecule has 1 aromatic carbocycles. The fourth-order valence-corrected chi connectivity index (χ4v) is 2.63. The number of nitrogens with zero attached hydrogens (tertiary/aromatic N) is 1. The molecule has 0 bridgehead atoms. The molecule has 0 spiro atoms. The summed E-state index contributed by atoms with van der Waals surface area (Å²) in [6.45, 7) is 4.29. The molecular formula is C18H23N. The molecule has 0 radical (unpaired) electrons. The molecule has 1 aliphatic rings. The van der Waals surface area contributed by atoms with Crippen molar-refractivity contribution in [3.63, 3.8) is 0 Å². The van der Waals surface area contributed by atoms with Crippen molar-refractivity contribution in [3.8, 4) is 0 Å². The maximum absolute atomic E-state index is 4.71. The number of aliphatic imine (C=N–C) groups is 1. The van der Waals surface area contributed by atoms with E-state index in [1.54, 1.807) is 0 Å². The maximum Gasteiger partial charge on any atom is 0.0733 e. The smallest absolute Gasteiger partial charge is 0.0733 e. The zero-order chi connectivity index (χ0) is 13.5. The van der Waals surface area contributed by atoms with Gasteiger partial charge in [0, 0.05) is 11.8 Å².